The van der Waals surface area contributed by atoms with Crippen LogP contribution in [0.5, 0.6) is 0 Å². The summed E-state index contributed by atoms with van der Waals surface area (Å²) in [4.78, 5) is 27.3. The Balaban J connectivity index is 1.81. The van der Waals surface area contributed by atoms with E-state index < -0.39 is 11.0 Å². The predicted molar refractivity (Wildman–Crippen MR) is 108 cm³/mol. The zero-order valence-corrected chi connectivity index (χ0v) is 16.7. The van der Waals surface area contributed by atoms with Gasteiger partial charge < -0.3 is 9.64 Å². The summed E-state index contributed by atoms with van der Waals surface area (Å²) < 4.78 is 4.99. The van der Waals surface area contributed by atoms with Gasteiger partial charge in [0.25, 0.3) is 5.69 Å². The topological polar surface area (TPSA) is 75.9 Å². The summed E-state index contributed by atoms with van der Waals surface area (Å²) in [5, 5.41) is 12.2. The molecule has 0 bridgehead atoms. The Morgan fingerprint density at radius 2 is 1.82 bits per heavy atom. The molecular formula is C19H19Cl2N3O4. The van der Waals surface area contributed by atoms with Crippen molar-refractivity contribution in [2.45, 2.75) is 6.04 Å². The molecular weight excluding hydrogens is 405 g/mol. The Morgan fingerprint density at radius 1 is 1.14 bits per heavy atom. The van der Waals surface area contributed by atoms with E-state index in [1.807, 2.05) is 15.9 Å². The van der Waals surface area contributed by atoms with Crippen LogP contribution in [-0.4, -0.2) is 49.1 Å². The molecule has 1 aliphatic rings. The molecule has 0 aliphatic carbocycles. The van der Waals surface area contributed by atoms with E-state index in [1.54, 1.807) is 30.3 Å². The molecule has 2 aromatic rings. The van der Waals surface area contributed by atoms with Crippen LogP contribution >= 0.6 is 23.2 Å². The summed E-state index contributed by atoms with van der Waals surface area (Å²) in [6.45, 7) is 2.07. The second-order valence-corrected chi connectivity index (χ2v) is 7.20. The van der Waals surface area contributed by atoms with Crippen molar-refractivity contribution in [3.63, 3.8) is 0 Å². The minimum atomic E-state index is -0.624. The molecule has 1 saturated heterocycles. The van der Waals surface area contributed by atoms with Gasteiger partial charge in [-0.05, 0) is 23.8 Å². The van der Waals surface area contributed by atoms with E-state index in [0.717, 1.165) is 0 Å². The number of methoxy groups -OCH3 is 1. The zero-order chi connectivity index (χ0) is 20.3. The lowest BCUT2D eigenvalue weighted by Crippen LogP contribution is -2.49. The van der Waals surface area contributed by atoms with Gasteiger partial charge in [-0.15, -0.1) is 0 Å². The van der Waals surface area contributed by atoms with Crippen molar-refractivity contribution in [2.24, 2.45) is 0 Å². The van der Waals surface area contributed by atoms with E-state index in [-0.39, 0.29) is 11.7 Å². The first-order valence-corrected chi connectivity index (χ1v) is 9.43. The summed E-state index contributed by atoms with van der Waals surface area (Å²) in [7, 11) is 1.35. The number of nitro groups is 1. The lowest BCUT2D eigenvalue weighted by atomic mass is 10.0. The fourth-order valence-electron chi connectivity index (χ4n) is 3.41. The van der Waals surface area contributed by atoms with E-state index in [2.05, 4.69) is 0 Å². The molecule has 0 saturated carbocycles. The maximum Gasteiger partial charge on any atom is 0.327 e. The summed E-state index contributed by atoms with van der Waals surface area (Å²) in [5.41, 5.74) is 1.17. The summed E-state index contributed by atoms with van der Waals surface area (Å²) in [6.07, 6.45) is 0. The Kier molecular flexibility index (Phi) is 6.39. The minimum Gasteiger partial charge on any atom is -0.468 e. The molecule has 1 heterocycles. The molecule has 0 aromatic heterocycles. The molecule has 0 radical (unpaired) electrons. The van der Waals surface area contributed by atoms with E-state index >= 15 is 0 Å². The Morgan fingerprint density at radius 3 is 2.43 bits per heavy atom. The number of rotatable bonds is 5. The standard InChI is InChI=1S/C19H19Cl2N3O4/c1-28-19(25)18(14-4-2-3-5-15(14)21)23-10-8-22(9-11-23)16-7-6-13(20)12-17(16)24(26)27/h2-7,12,18H,8-11H2,1H3/t18-/m1/s1. The number of nitro benzene ring substituents is 1. The maximum absolute atomic E-state index is 12.5. The molecule has 0 spiro atoms. The van der Waals surface area contributed by atoms with Crippen molar-refractivity contribution >= 4 is 40.5 Å². The fourth-order valence-corrected chi connectivity index (χ4v) is 3.82. The molecule has 2 aromatic carbocycles. The van der Waals surface area contributed by atoms with Gasteiger partial charge >= 0.3 is 5.97 Å². The molecule has 1 atom stereocenters. The zero-order valence-electron chi connectivity index (χ0n) is 15.2. The van der Waals surface area contributed by atoms with Crippen LogP contribution in [0, 0.1) is 10.1 Å². The third kappa shape index (κ3) is 4.22. The Hall–Kier alpha value is -2.35. The minimum absolute atomic E-state index is 0.0310. The number of halogens is 2. The Labute approximate surface area is 172 Å². The second-order valence-electron chi connectivity index (χ2n) is 6.36. The molecule has 1 aliphatic heterocycles. The highest BCUT2D eigenvalue weighted by Crippen LogP contribution is 2.34. The number of ether oxygens (including phenoxy) is 1. The predicted octanol–water partition coefficient (Wildman–Crippen LogP) is 3.94. The van der Waals surface area contributed by atoms with E-state index in [9.17, 15) is 14.9 Å². The molecule has 0 amide bonds. The number of piperazine rings is 1. The number of hydrogen-bond acceptors (Lipinski definition) is 6. The van der Waals surface area contributed by atoms with Crippen molar-refractivity contribution in [1.29, 1.82) is 0 Å². The molecule has 9 heteroatoms. The van der Waals surface area contributed by atoms with Crippen molar-refractivity contribution < 1.29 is 14.5 Å². The normalized spacial score (nSPS) is 15.9. The SMILES string of the molecule is COC(=O)[C@@H](c1ccccc1Cl)N1CCN(c2ccc(Cl)cc2[N+](=O)[O-])CC1. The van der Waals surface area contributed by atoms with Crippen molar-refractivity contribution in [1.82, 2.24) is 4.90 Å². The average Bonchev–Trinajstić information content (AvgIpc) is 2.70. The van der Waals surface area contributed by atoms with E-state index in [0.29, 0.717) is 47.5 Å². The summed E-state index contributed by atoms with van der Waals surface area (Å²) in [5.74, 6) is -0.390. The van der Waals surface area contributed by atoms with Crippen LogP contribution in [0.3, 0.4) is 0 Å². The molecule has 0 N–H and O–H groups in total. The number of carbonyl (C=O) groups is 1. The number of carbonyl (C=O) groups excluding carboxylic acids is 1. The second kappa shape index (κ2) is 8.77. The first-order chi connectivity index (χ1) is 13.4. The van der Waals surface area contributed by atoms with Gasteiger partial charge in [-0.1, -0.05) is 41.4 Å². The lowest BCUT2D eigenvalue weighted by molar-refractivity contribution is -0.384. The van der Waals surface area contributed by atoms with Crippen LogP contribution in [0.25, 0.3) is 0 Å². The summed E-state index contributed by atoms with van der Waals surface area (Å²) in [6, 6.07) is 11.2. The molecule has 3 rings (SSSR count). The number of hydrogen-bond donors (Lipinski definition) is 0. The van der Waals surface area contributed by atoms with Crippen molar-refractivity contribution in [3.05, 3.63) is 68.2 Å². The van der Waals surface area contributed by atoms with Crippen LogP contribution in [0.15, 0.2) is 42.5 Å². The van der Waals surface area contributed by atoms with Crippen LogP contribution in [0.1, 0.15) is 11.6 Å². The van der Waals surface area contributed by atoms with Gasteiger partial charge in [-0.25, -0.2) is 4.79 Å². The lowest BCUT2D eigenvalue weighted by Gasteiger charge is -2.39. The maximum atomic E-state index is 12.5. The Bertz CT molecular complexity index is 885. The van der Waals surface area contributed by atoms with E-state index in [4.69, 9.17) is 27.9 Å². The van der Waals surface area contributed by atoms with Gasteiger partial charge in [0.1, 0.15) is 11.7 Å². The molecule has 0 unspecified atom stereocenters. The van der Waals surface area contributed by atoms with Crippen molar-refractivity contribution in [3.8, 4) is 0 Å². The van der Waals surface area contributed by atoms with Gasteiger partial charge in [-0.2, -0.15) is 0 Å². The number of nitrogens with zero attached hydrogens (tertiary/aromatic N) is 3. The smallest absolute Gasteiger partial charge is 0.327 e. The van der Waals surface area contributed by atoms with Crippen LogP contribution in [0.4, 0.5) is 11.4 Å². The fraction of sp³-hybridized carbons (Fsp3) is 0.316. The number of anilines is 1. The highest BCUT2D eigenvalue weighted by molar-refractivity contribution is 6.31. The highest BCUT2D eigenvalue weighted by Gasteiger charge is 2.33. The number of benzene rings is 2. The van der Waals surface area contributed by atoms with Gasteiger partial charge in [0.15, 0.2) is 0 Å². The van der Waals surface area contributed by atoms with Gasteiger partial charge in [-0.3, -0.25) is 15.0 Å². The average molecular weight is 424 g/mol. The monoisotopic (exact) mass is 423 g/mol. The largest absolute Gasteiger partial charge is 0.468 e. The number of esters is 1. The van der Waals surface area contributed by atoms with Crippen LogP contribution in [0.2, 0.25) is 10.0 Å². The quantitative estimate of drug-likeness (QED) is 0.411. The molecule has 7 nitrogen and oxygen atoms in total. The summed E-state index contributed by atoms with van der Waals surface area (Å²) >= 11 is 12.2. The first kappa shape index (κ1) is 20.4. The van der Waals surface area contributed by atoms with Crippen LogP contribution < -0.4 is 4.90 Å². The van der Waals surface area contributed by atoms with Gasteiger partial charge in [0.05, 0.1) is 12.0 Å². The van der Waals surface area contributed by atoms with Crippen molar-refractivity contribution in [2.75, 3.05) is 38.2 Å². The molecule has 1 fully saturated rings. The third-order valence-electron chi connectivity index (χ3n) is 4.78. The van der Waals surface area contributed by atoms with Gasteiger partial charge in [0, 0.05) is 42.3 Å². The molecule has 148 valence electrons. The third-order valence-corrected chi connectivity index (χ3v) is 5.36. The van der Waals surface area contributed by atoms with Crippen LogP contribution in [-0.2, 0) is 9.53 Å². The highest BCUT2D eigenvalue weighted by atomic mass is 35.5. The first-order valence-electron chi connectivity index (χ1n) is 8.67. The molecule has 28 heavy (non-hydrogen) atoms. The van der Waals surface area contributed by atoms with E-state index in [1.165, 1.54) is 13.2 Å². The van der Waals surface area contributed by atoms with Gasteiger partial charge in [0.2, 0.25) is 0 Å².